The number of nitriles is 1. The molecule has 1 saturated carbocycles. The smallest absolute Gasteiger partial charge is 0.365 e. The molecule has 3 atom stereocenters. The Morgan fingerprint density at radius 2 is 1.97 bits per heavy atom. The standard InChI is InChI=1S/C20H23F3N6O/c1-28(2)15-7-8-17(12(9-15)10-24)29-11-16(18(25)30)19(27-29)26-14-5-3-13(4-6-14)20(21,22)23/h3-6,11-12,15,17H,7-9H2,1-2H3,(H2,25,30)(H,26,27). The van der Waals surface area contributed by atoms with Crippen molar-refractivity contribution in [2.45, 2.75) is 37.5 Å². The maximum Gasteiger partial charge on any atom is 0.416 e. The van der Waals surface area contributed by atoms with E-state index in [4.69, 9.17) is 5.73 Å². The van der Waals surface area contributed by atoms with Gasteiger partial charge in [0.25, 0.3) is 5.91 Å². The second-order valence-corrected chi connectivity index (χ2v) is 7.67. The van der Waals surface area contributed by atoms with E-state index in [1.165, 1.54) is 18.3 Å². The third-order valence-corrected chi connectivity index (χ3v) is 5.49. The van der Waals surface area contributed by atoms with Gasteiger partial charge in [-0.3, -0.25) is 9.48 Å². The molecule has 2 aromatic rings. The summed E-state index contributed by atoms with van der Waals surface area (Å²) in [6, 6.07) is 6.81. The summed E-state index contributed by atoms with van der Waals surface area (Å²) in [5.74, 6) is -0.856. The van der Waals surface area contributed by atoms with Gasteiger partial charge in [-0.25, -0.2) is 0 Å². The van der Waals surface area contributed by atoms with Gasteiger partial charge in [-0.05, 0) is 57.6 Å². The summed E-state index contributed by atoms with van der Waals surface area (Å²) in [6.07, 6.45) is -0.665. The van der Waals surface area contributed by atoms with Gasteiger partial charge in [-0.1, -0.05) is 0 Å². The minimum absolute atomic E-state index is 0.112. The Labute approximate surface area is 172 Å². The van der Waals surface area contributed by atoms with Crippen LogP contribution in [0.4, 0.5) is 24.7 Å². The number of amides is 1. The number of alkyl halides is 3. The highest BCUT2D eigenvalue weighted by Gasteiger charge is 2.34. The molecule has 1 aromatic carbocycles. The molecule has 1 aromatic heterocycles. The van der Waals surface area contributed by atoms with Gasteiger partial charge in [0.1, 0.15) is 5.56 Å². The lowest BCUT2D eigenvalue weighted by atomic mass is 9.82. The first kappa shape index (κ1) is 21.6. The molecule has 0 spiro atoms. The van der Waals surface area contributed by atoms with E-state index in [9.17, 15) is 23.2 Å². The SMILES string of the molecule is CN(C)C1CCC(n2cc(C(N)=O)c(Nc3ccc(C(F)(F)F)cc3)n2)C(C#N)C1. The number of nitrogens with zero attached hydrogens (tertiary/aromatic N) is 4. The number of benzene rings is 1. The first-order valence-electron chi connectivity index (χ1n) is 9.49. The zero-order valence-electron chi connectivity index (χ0n) is 16.6. The molecule has 10 heteroatoms. The van der Waals surface area contributed by atoms with E-state index in [0.29, 0.717) is 24.6 Å². The third kappa shape index (κ3) is 4.57. The lowest BCUT2D eigenvalue weighted by molar-refractivity contribution is -0.137. The van der Waals surface area contributed by atoms with Crippen LogP contribution in [-0.2, 0) is 6.18 Å². The fraction of sp³-hybridized carbons (Fsp3) is 0.450. The van der Waals surface area contributed by atoms with E-state index < -0.39 is 17.6 Å². The molecular weight excluding hydrogens is 397 g/mol. The van der Waals surface area contributed by atoms with Gasteiger partial charge in [0, 0.05) is 17.9 Å². The van der Waals surface area contributed by atoms with Gasteiger partial charge in [-0.15, -0.1) is 0 Å². The van der Waals surface area contributed by atoms with Crippen molar-refractivity contribution in [2.24, 2.45) is 11.7 Å². The van der Waals surface area contributed by atoms with Crippen LogP contribution in [0.3, 0.4) is 0 Å². The van der Waals surface area contributed by atoms with Gasteiger partial charge >= 0.3 is 6.18 Å². The summed E-state index contributed by atoms with van der Waals surface area (Å²) in [5.41, 5.74) is 5.14. The van der Waals surface area contributed by atoms with Crippen molar-refractivity contribution in [2.75, 3.05) is 19.4 Å². The van der Waals surface area contributed by atoms with E-state index in [1.54, 1.807) is 4.68 Å². The van der Waals surface area contributed by atoms with Gasteiger partial charge < -0.3 is 16.0 Å². The molecule has 1 heterocycles. The Morgan fingerprint density at radius 3 is 2.50 bits per heavy atom. The number of halogens is 3. The molecule has 1 aliphatic carbocycles. The predicted octanol–water partition coefficient (Wildman–Crippen LogP) is 3.54. The van der Waals surface area contributed by atoms with Crippen LogP contribution in [0.15, 0.2) is 30.5 Å². The number of carbonyl (C=O) groups is 1. The van der Waals surface area contributed by atoms with Crippen molar-refractivity contribution in [3.05, 3.63) is 41.6 Å². The third-order valence-electron chi connectivity index (χ3n) is 5.49. The number of aromatic nitrogens is 2. The van der Waals surface area contributed by atoms with Gasteiger partial charge in [-0.2, -0.15) is 23.5 Å². The Morgan fingerprint density at radius 1 is 1.30 bits per heavy atom. The summed E-state index contributed by atoms with van der Waals surface area (Å²) in [7, 11) is 3.95. The molecule has 160 valence electrons. The number of nitrogens with two attached hydrogens (primary N) is 1. The van der Waals surface area contributed by atoms with Crippen molar-refractivity contribution in [1.29, 1.82) is 5.26 Å². The van der Waals surface area contributed by atoms with Crippen LogP contribution < -0.4 is 11.1 Å². The van der Waals surface area contributed by atoms with Crippen LogP contribution in [0.1, 0.15) is 41.2 Å². The zero-order valence-corrected chi connectivity index (χ0v) is 16.6. The fourth-order valence-electron chi connectivity index (χ4n) is 3.77. The van der Waals surface area contributed by atoms with Crippen LogP contribution in [0.5, 0.6) is 0 Å². The number of rotatable bonds is 5. The van der Waals surface area contributed by atoms with Crippen molar-refractivity contribution in [3.8, 4) is 6.07 Å². The van der Waals surface area contributed by atoms with Crippen molar-refractivity contribution in [1.82, 2.24) is 14.7 Å². The molecule has 1 amide bonds. The van der Waals surface area contributed by atoms with Crippen LogP contribution in [0.25, 0.3) is 0 Å². The van der Waals surface area contributed by atoms with Crippen molar-refractivity contribution in [3.63, 3.8) is 0 Å². The van der Waals surface area contributed by atoms with Crippen LogP contribution in [0, 0.1) is 17.2 Å². The molecule has 3 rings (SSSR count). The second kappa shape index (κ2) is 8.36. The number of hydrogen-bond acceptors (Lipinski definition) is 5. The summed E-state index contributed by atoms with van der Waals surface area (Å²) in [4.78, 5) is 14.0. The van der Waals surface area contributed by atoms with Crippen LogP contribution in [0.2, 0.25) is 0 Å². The molecule has 0 aliphatic heterocycles. The summed E-state index contributed by atoms with van der Waals surface area (Å²) in [5, 5.41) is 16.9. The lowest BCUT2D eigenvalue weighted by Crippen LogP contribution is -2.37. The van der Waals surface area contributed by atoms with E-state index in [-0.39, 0.29) is 23.3 Å². The predicted molar refractivity (Wildman–Crippen MR) is 105 cm³/mol. The molecule has 0 bridgehead atoms. The van der Waals surface area contributed by atoms with Crippen molar-refractivity contribution < 1.29 is 18.0 Å². The number of carbonyl (C=O) groups excluding carboxylic acids is 1. The minimum atomic E-state index is -4.43. The molecule has 3 unspecified atom stereocenters. The first-order chi connectivity index (χ1) is 14.1. The summed E-state index contributed by atoms with van der Waals surface area (Å²) < 4.78 is 39.8. The number of hydrogen-bond donors (Lipinski definition) is 2. The van der Waals surface area contributed by atoms with Crippen LogP contribution >= 0.6 is 0 Å². The molecule has 3 N–H and O–H groups in total. The van der Waals surface area contributed by atoms with Crippen LogP contribution in [-0.4, -0.2) is 40.7 Å². The average molecular weight is 420 g/mol. The quantitative estimate of drug-likeness (QED) is 0.771. The number of primary amides is 1. The molecule has 1 fully saturated rings. The van der Waals surface area contributed by atoms with Gasteiger partial charge in [0.05, 0.1) is 23.6 Å². The fourth-order valence-corrected chi connectivity index (χ4v) is 3.77. The second-order valence-electron chi connectivity index (χ2n) is 7.67. The topological polar surface area (TPSA) is 100.0 Å². The first-order valence-corrected chi connectivity index (χ1v) is 9.49. The van der Waals surface area contributed by atoms with Crippen molar-refractivity contribution >= 4 is 17.4 Å². The van der Waals surface area contributed by atoms with E-state index >= 15 is 0 Å². The molecule has 0 saturated heterocycles. The largest absolute Gasteiger partial charge is 0.416 e. The number of nitrogens with one attached hydrogen (secondary N) is 1. The summed E-state index contributed by atoms with van der Waals surface area (Å²) >= 11 is 0. The maximum absolute atomic E-state index is 12.7. The Bertz CT molecular complexity index is 945. The van der Waals surface area contributed by atoms with Gasteiger partial charge in [0.2, 0.25) is 0 Å². The Kier molecular flexibility index (Phi) is 6.03. The average Bonchev–Trinajstić information content (AvgIpc) is 3.11. The highest BCUT2D eigenvalue weighted by molar-refractivity contribution is 5.98. The molecule has 1 aliphatic rings. The highest BCUT2D eigenvalue weighted by atomic mass is 19.4. The van der Waals surface area contributed by atoms with Gasteiger partial charge in [0.15, 0.2) is 5.82 Å². The zero-order chi connectivity index (χ0) is 22.1. The highest BCUT2D eigenvalue weighted by Crippen LogP contribution is 2.36. The Balaban J connectivity index is 1.85. The maximum atomic E-state index is 12.7. The Hall–Kier alpha value is -3.06. The van der Waals surface area contributed by atoms with E-state index in [1.807, 2.05) is 14.1 Å². The molecular formula is C20H23F3N6O. The molecule has 30 heavy (non-hydrogen) atoms. The lowest BCUT2D eigenvalue weighted by Gasteiger charge is -2.35. The summed E-state index contributed by atoms with van der Waals surface area (Å²) in [6.45, 7) is 0. The monoisotopic (exact) mass is 420 g/mol. The van der Waals surface area contributed by atoms with E-state index in [0.717, 1.165) is 18.6 Å². The molecule has 7 nitrogen and oxygen atoms in total. The normalized spacial score (nSPS) is 22.0. The minimum Gasteiger partial charge on any atom is -0.365 e. The number of anilines is 2. The van der Waals surface area contributed by atoms with E-state index in [2.05, 4.69) is 21.4 Å². The molecule has 0 radical (unpaired) electrons.